The van der Waals surface area contributed by atoms with Crippen molar-refractivity contribution in [1.82, 2.24) is 4.98 Å². The average Bonchev–Trinajstić information content (AvgIpc) is 2.40. The van der Waals surface area contributed by atoms with Crippen molar-refractivity contribution < 1.29 is 5.11 Å². The Morgan fingerprint density at radius 2 is 2.00 bits per heavy atom. The summed E-state index contributed by atoms with van der Waals surface area (Å²) in [5.41, 5.74) is 8.99. The number of aromatic nitrogens is 1. The lowest BCUT2D eigenvalue weighted by Gasteiger charge is -2.32. The Bertz CT molecular complexity index is 604. The maximum absolute atomic E-state index is 9.62. The molecule has 4 heteroatoms. The molecule has 1 saturated heterocycles. The summed E-state index contributed by atoms with van der Waals surface area (Å²) in [5, 5.41) is 11.8. The number of nitrogens with zero attached hydrogens (tertiary/aromatic N) is 2. The van der Waals surface area contributed by atoms with E-state index in [2.05, 4.69) is 22.0 Å². The van der Waals surface area contributed by atoms with Crippen LogP contribution in [0.2, 0.25) is 0 Å². The second-order valence-corrected chi connectivity index (χ2v) is 5.26. The molecule has 0 aliphatic carbocycles. The minimum Gasteiger partial charge on any atom is -0.398 e. The average molecular weight is 257 g/mol. The molecule has 3 N–H and O–H groups in total. The molecule has 100 valence electrons. The van der Waals surface area contributed by atoms with Gasteiger partial charge in [0.2, 0.25) is 0 Å². The summed E-state index contributed by atoms with van der Waals surface area (Å²) in [5.74, 6) is 0. The minimum atomic E-state index is -0.153. The first-order valence-corrected chi connectivity index (χ1v) is 6.73. The summed E-state index contributed by atoms with van der Waals surface area (Å²) in [6, 6.07) is 6.11. The number of hydrogen-bond acceptors (Lipinski definition) is 4. The summed E-state index contributed by atoms with van der Waals surface area (Å²) in [4.78, 5) is 6.66. The number of anilines is 2. The molecule has 1 aromatic heterocycles. The predicted octanol–water partition coefficient (Wildman–Crippen LogP) is 2.09. The summed E-state index contributed by atoms with van der Waals surface area (Å²) < 4.78 is 0. The highest BCUT2D eigenvalue weighted by molar-refractivity contribution is 6.01. The van der Waals surface area contributed by atoms with Gasteiger partial charge in [-0.25, -0.2) is 0 Å². The monoisotopic (exact) mass is 257 g/mol. The number of benzene rings is 1. The van der Waals surface area contributed by atoms with Gasteiger partial charge in [0, 0.05) is 47.1 Å². The second kappa shape index (κ2) is 4.70. The highest BCUT2D eigenvalue weighted by atomic mass is 16.3. The van der Waals surface area contributed by atoms with Crippen LogP contribution in [-0.2, 0) is 0 Å². The number of rotatable bonds is 1. The quantitative estimate of drug-likeness (QED) is 0.768. The van der Waals surface area contributed by atoms with Crippen molar-refractivity contribution in [2.24, 2.45) is 0 Å². The van der Waals surface area contributed by atoms with Crippen LogP contribution in [0.25, 0.3) is 10.8 Å². The van der Waals surface area contributed by atoms with E-state index in [0.717, 1.165) is 48.1 Å². The number of aliphatic hydroxyl groups excluding tert-OH is 1. The van der Waals surface area contributed by atoms with Crippen molar-refractivity contribution in [3.63, 3.8) is 0 Å². The zero-order valence-corrected chi connectivity index (χ0v) is 11.1. The Labute approximate surface area is 112 Å². The van der Waals surface area contributed by atoms with E-state index in [9.17, 15) is 5.11 Å². The van der Waals surface area contributed by atoms with Crippen molar-refractivity contribution in [2.45, 2.75) is 25.9 Å². The van der Waals surface area contributed by atoms with Gasteiger partial charge in [0.05, 0.1) is 6.10 Å². The molecule has 3 rings (SSSR count). The molecule has 1 aliphatic rings. The third kappa shape index (κ3) is 2.24. The Morgan fingerprint density at radius 3 is 2.74 bits per heavy atom. The maximum Gasteiger partial charge on any atom is 0.0574 e. The van der Waals surface area contributed by atoms with E-state index >= 15 is 0 Å². The summed E-state index contributed by atoms with van der Waals surface area (Å²) >= 11 is 0. The van der Waals surface area contributed by atoms with Gasteiger partial charge in [-0.15, -0.1) is 0 Å². The van der Waals surface area contributed by atoms with Crippen molar-refractivity contribution in [2.75, 3.05) is 23.7 Å². The molecule has 2 heterocycles. The van der Waals surface area contributed by atoms with Crippen molar-refractivity contribution in [1.29, 1.82) is 0 Å². The number of aryl methyl sites for hydroxylation is 1. The topological polar surface area (TPSA) is 62.4 Å². The smallest absolute Gasteiger partial charge is 0.0574 e. The fourth-order valence-electron chi connectivity index (χ4n) is 2.73. The third-order valence-electron chi connectivity index (χ3n) is 3.85. The molecule has 0 spiro atoms. The summed E-state index contributed by atoms with van der Waals surface area (Å²) in [6.07, 6.45) is 3.36. The zero-order valence-electron chi connectivity index (χ0n) is 11.1. The van der Waals surface area contributed by atoms with Crippen LogP contribution in [0.1, 0.15) is 18.5 Å². The largest absolute Gasteiger partial charge is 0.398 e. The van der Waals surface area contributed by atoms with Gasteiger partial charge < -0.3 is 15.7 Å². The van der Waals surface area contributed by atoms with Crippen molar-refractivity contribution >= 4 is 22.1 Å². The standard InChI is InChI=1S/C15H19N3O/c1-10-8-12-13(9-17-10)14(16)2-3-15(12)18-6-4-11(19)5-7-18/h2-3,8-9,11,19H,4-7,16H2,1H3. The van der Waals surface area contributed by atoms with Gasteiger partial charge in [0.15, 0.2) is 0 Å². The molecule has 0 radical (unpaired) electrons. The number of hydrogen-bond donors (Lipinski definition) is 2. The van der Waals surface area contributed by atoms with Crippen LogP contribution in [0.15, 0.2) is 24.4 Å². The molecule has 19 heavy (non-hydrogen) atoms. The fraction of sp³-hybridized carbons (Fsp3) is 0.400. The first-order chi connectivity index (χ1) is 9.15. The Balaban J connectivity index is 2.08. The predicted molar refractivity (Wildman–Crippen MR) is 78.3 cm³/mol. The van der Waals surface area contributed by atoms with E-state index < -0.39 is 0 Å². The number of nitrogen functional groups attached to an aromatic ring is 1. The molecule has 0 atom stereocenters. The molecule has 0 bridgehead atoms. The minimum absolute atomic E-state index is 0.153. The van der Waals surface area contributed by atoms with E-state index in [1.54, 1.807) is 0 Å². The number of pyridine rings is 1. The number of fused-ring (bicyclic) bond motifs is 1. The van der Waals surface area contributed by atoms with E-state index in [0.29, 0.717) is 0 Å². The van der Waals surface area contributed by atoms with Crippen LogP contribution >= 0.6 is 0 Å². The molecule has 4 nitrogen and oxygen atoms in total. The third-order valence-corrected chi connectivity index (χ3v) is 3.85. The molecular weight excluding hydrogens is 238 g/mol. The molecule has 1 aromatic carbocycles. The van der Waals surface area contributed by atoms with Gasteiger partial charge in [0.25, 0.3) is 0 Å². The van der Waals surface area contributed by atoms with Gasteiger partial charge >= 0.3 is 0 Å². The van der Waals surface area contributed by atoms with E-state index in [4.69, 9.17) is 5.73 Å². The Morgan fingerprint density at radius 1 is 1.26 bits per heavy atom. The van der Waals surface area contributed by atoms with Crippen LogP contribution < -0.4 is 10.6 Å². The van der Waals surface area contributed by atoms with E-state index in [1.165, 1.54) is 5.69 Å². The van der Waals surface area contributed by atoms with Crippen molar-refractivity contribution in [3.8, 4) is 0 Å². The lowest BCUT2D eigenvalue weighted by atomic mass is 10.0. The molecule has 0 unspecified atom stereocenters. The van der Waals surface area contributed by atoms with Crippen LogP contribution in [0.4, 0.5) is 11.4 Å². The van der Waals surface area contributed by atoms with Gasteiger partial charge in [-0.05, 0) is 38.0 Å². The van der Waals surface area contributed by atoms with Gasteiger partial charge in [-0.2, -0.15) is 0 Å². The normalized spacial score (nSPS) is 17.1. The highest BCUT2D eigenvalue weighted by Gasteiger charge is 2.19. The molecule has 0 amide bonds. The lowest BCUT2D eigenvalue weighted by Crippen LogP contribution is -2.35. The van der Waals surface area contributed by atoms with Crippen LogP contribution in [0.5, 0.6) is 0 Å². The molecule has 2 aromatic rings. The highest BCUT2D eigenvalue weighted by Crippen LogP contribution is 2.32. The molecular formula is C15H19N3O. The number of nitrogens with two attached hydrogens (primary N) is 1. The summed E-state index contributed by atoms with van der Waals surface area (Å²) in [7, 11) is 0. The summed E-state index contributed by atoms with van der Waals surface area (Å²) in [6.45, 7) is 3.77. The van der Waals surface area contributed by atoms with Gasteiger partial charge in [-0.1, -0.05) is 0 Å². The van der Waals surface area contributed by atoms with Crippen LogP contribution in [-0.4, -0.2) is 29.3 Å². The fourth-order valence-corrected chi connectivity index (χ4v) is 2.73. The Hall–Kier alpha value is -1.81. The van der Waals surface area contributed by atoms with Gasteiger partial charge in [-0.3, -0.25) is 4.98 Å². The van der Waals surface area contributed by atoms with Crippen molar-refractivity contribution in [3.05, 3.63) is 30.1 Å². The Kier molecular flexibility index (Phi) is 3.03. The molecule has 1 aliphatic heterocycles. The zero-order chi connectivity index (χ0) is 13.4. The second-order valence-electron chi connectivity index (χ2n) is 5.26. The number of piperidine rings is 1. The SMILES string of the molecule is Cc1cc2c(N3CCC(O)CC3)ccc(N)c2cn1. The molecule has 1 fully saturated rings. The van der Waals surface area contributed by atoms with E-state index in [-0.39, 0.29) is 6.10 Å². The van der Waals surface area contributed by atoms with Gasteiger partial charge in [0.1, 0.15) is 0 Å². The first-order valence-electron chi connectivity index (χ1n) is 6.73. The van der Waals surface area contributed by atoms with Crippen LogP contribution in [0.3, 0.4) is 0 Å². The maximum atomic E-state index is 9.62. The molecule has 0 saturated carbocycles. The first kappa shape index (κ1) is 12.2. The van der Waals surface area contributed by atoms with E-state index in [1.807, 2.05) is 19.2 Å². The lowest BCUT2D eigenvalue weighted by molar-refractivity contribution is 0.145. The number of aliphatic hydroxyl groups is 1. The van der Waals surface area contributed by atoms with Crippen LogP contribution in [0, 0.1) is 6.92 Å².